The van der Waals surface area contributed by atoms with E-state index < -0.39 is 0 Å². The van der Waals surface area contributed by atoms with Crippen LogP contribution in [0.4, 0.5) is 5.69 Å². The Labute approximate surface area is 121 Å². The van der Waals surface area contributed by atoms with Crippen LogP contribution >= 0.6 is 0 Å². The molecule has 0 spiro atoms. The highest BCUT2D eigenvalue weighted by atomic mass is 16.1. The van der Waals surface area contributed by atoms with Crippen molar-refractivity contribution in [2.24, 2.45) is 5.92 Å². The Balaban J connectivity index is 1.85. The third kappa shape index (κ3) is 3.97. The fourth-order valence-electron chi connectivity index (χ4n) is 2.51. The lowest BCUT2D eigenvalue weighted by Crippen LogP contribution is -2.42. The number of hydrogen-bond donors (Lipinski definition) is 2. The lowest BCUT2D eigenvalue weighted by Gasteiger charge is -2.27. The molecule has 4 nitrogen and oxygen atoms in total. The van der Waals surface area contributed by atoms with Crippen molar-refractivity contribution >= 4 is 11.6 Å². The van der Waals surface area contributed by atoms with Crippen molar-refractivity contribution in [3.05, 3.63) is 29.8 Å². The number of carbonyl (C=O) groups excluding carboxylic acids is 1. The van der Waals surface area contributed by atoms with E-state index in [1.165, 1.54) is 5.56 Å². The van der Waals surface area contributed by atoms with Crippen molar-refractivity contribution in [3.8, 4) is 0 Å². The molecule has 0 bridgehead atoms. The Morgan fingerprint density at radius 3 is 2.95 bits per heavy atom. The van der Waals surface area contributed by atoms with Crippen molar-refractivity contribution in [2.45, 2.75) is 25.8 Å². The first-order valence-corrected chi connectivity index (χ1v) is 7.33. The van der Waals surface area contributed by atoms with Crippen LogP contribution in [0.25, 0.3) is 0 Å². The van der Waals surface area contributed by atoms with Crippen LogP contribution in [0.5, 0.6) is 0 Å². The third-order valence-corrected chi connectivity index (χ3v) is 3.79. The predicted molar refractivity (Wildman–Crippen MR) is 82.9 cm³/mol. The maximum Gasteiger partial charge on any atom is 0.225 e. The van der Waals surface area contributed by atoms with Crippen molar-refractivity contribution in [1.82, 2.24) is 10.2 Å². The molecule has 2 N–H and O–H groups in total. The molecule has 0 fully saturated rings. The second-order valence-electron chi connectivity index (χ2n) is 5.94. The smallest absolute Gasteiger partial charge is 0.225 e. The van der Waals surface area contributed by atoms with Gasteiger partial charge in [0.2, 0.25) is 5.91 Å². The Kier molecular flexibility index (Phi) is 5.01. The van der Waals surface area contributed by atoms with Crippen molar-refractivity contribution in [1.29, 1.82) is 0 Å². The summed E-state index contributed by atoms with van der Waals surface area (Å²) in [6.07, 6.45) is 1.81. The van der Waals surface area contributed by atoms with Gasteiger partial charge in [-0.25, -0.2) is 0 Å². The maximum atomic E-state index is 12.3. The number of nitrogens with one attached hydrogen (secondary N) is 2. The lowest BCUT2D eigenvalue weighted by atomic mass is 9.93. The number of anilines is 1. The number of benzene rings is 1. The fraction of sp³-hybridized carbons (Fsp3) is 0.562. The highest BCUT2D eigenvalue weighted by molar-refractivity contribution is 5.81. The van der Waals surface area contributed by atoms with Gasteiger partial charge in [0.05, 0.1) is 5.92 Å². The van der Waals surface area contributed by atoms with Crippen LogP contribution in [0.2, 0.25) is 0 Å². The molecule has 0 saturated heterocycles. The summed E-state index contributed by atoms with van der Waals surface area (Å²) >= 11 is 0. The zero-order valence-electron chi connectivity index (χ0n) is 12.6. The number of para-hydroxylation sites is 1. The standard InChI is InChI=1S/C16H25N3O/c1-12(8-9-19(2)3)18-16(20)14-10-13-6-4-5-7-15(13)17-11-14/h4-7,12,14,17H,8-11H2,1-3H3,(H,18,20). The van der Waals surface area contributed by atoms with Crippen LogP contribution in [0.1, 0.15) is 18.9 Å². The summed E-state index contributed by atoms with van der Waals surface area (Å²) in [5.74, 6) is 0.199. The first kappa shape index (κ1) is 14.9. The number of carbonyl (C=O) groups is 1. The molecule has 0 saturated carbocycles. The molecule has 1 amide bonds. The van der Waals surface area contributed by atoms with Crippen molar-refractivity contribution in [3.63, 3.8) is 0 Å². The van der Waals surface area contributed by atoms with Gasteiger partial charge in [-0.2, -0.15) is 0 Å². The molecular formula is C16H25N3O. The quantitative estimate of drug-likeness (QED) is 0.860. The number of rotatable bonds is 5. The molecule has 4 heteroatoms. The maximum absolute atomic E-state index is 12.3. The van der Waals surface area contributed by atoms with E-state index in [0.29, 0.717) is 0 Å². The number of fused-ring (bicyclic) bond motifs is 1. The summed E-state index contributed by atoms with van der Waals surface area (Å²) in [7, 11) is 4.10. The predicted octanol–water partition coefficient (Wildman–Crippen LogP) is 1.73. The second-order valence-corrected chi connectivity index (χ2v) is 5.94. The number of nitrogens with zero attached hydrogens (tertiary/aromatic N) is 1. The normalized spacial score (nSPS) is 19.1. The van der Waals surface area contributed by atoms with Crippen LogP contribution in [-0.2, 0) is 11.2 Å². The van der Waals surface area contributed by atoms with Gasteiger partial charge < -0.3 is 15.5 Å². The van der Waals surface area contributed by atoms with Gasteiger partial charge >= 0.3 is 0 Å². The zero-order chi connectivity index (χ0) is 14.5. The summed E-state index contributed by atoms with van der Waals surface area (Å²) < 4.78 is 0. The molecule has 1 aromatic rings. The SMILES string of the molecule is CC(CCN(C)C)NC(=O)C1CNc2ccccc2C1. The number of amides is 1. The third-order valence-electron chi connectivity index (χ3n) is 3.79. The molecule has 110 valence electrons. The average molecular weight is 275 g/mol. The van der Waals surface area contributed by atoms with Gasteiger partial charge in [0.1, 0.15) is 0 Å². The number of hydrogen-bond acceptors (Lipinski definition) is 3. The van der Waals surface area contributed by atoms with Crippen LogP contribution in [-0.4, -0.2) is 44.0 Å². The van der Waals surface area contributed by atoms with Crippen LogP contribution in [0.3, 0.4) is 0 Å². The van der Waals surface area contributed by atoms with E-state index in [1.807, 2.05) is 12.1 Å². The van der Waals surface area contributed by atoms with Crippen LogP contribution in [0, 0.1) is 5.92 Å². The van der Waals surface area contributed by atoms with Gasteiger partial charge in [-0.3, -0.25) is 4.79 Å². The minimum Gasteiger partial charge on any atom is -0.384 e. The van der Waals surface area contributed by atoms with E-state index in [2.05, 4.69) is 48.7 Å². The molecule has 1 aromatic carbocycles. The average Bonchev–Trinajstić information content (AvgIpc) is 2.44. The molecule has 0 aromatic heterocycles. The Hall–Kier alpha value is -1.55. The molecule has 2 atom stereocenters. The Bertz CT molecular complexity index is 459. The molecule has 1 aliphatic rings. The fourth-order valence-corrected chi connectivity index (χ4v) is 2.51. The first-order chi connectivity index (χ1) is 9.56. The Morgan fingerprint density at radius 2 is 2.20 bits per heavy atom. The highest BCUT2D eigenvalue weighted by Gasteiger charge is 2.24. The topological polar surface area (TPSA) is 44.4 Å². The molecule has 1 aliphatic heterocycles. The van der Waals surface area contributed by atoms with E-state index in [0.717, 1.165) is 31.6 Å². The zero-order valence-corrected chi connectivity index (χ0v) is 12.6. The van der Waals surface area contributed by atoms with Gasteiger partial charge in [0.15, 0.2) is 0 Å². The monoisotopic (exact) mass is 275 g/mol. The molecule has 0 radical (unpaired) electrons. The van der Waals surface area contributed by atoms with Gasteiger partial charge in [-0.1, -0.05) is 18.2 Å². The van der Waals surface area contributed by atoms with Crippen molar-refractivity contribution < 1.29 is 4.79 Å². The molecule has 2 unspecified atom stereocenters. The highest BCUT2D eigenvalue weighted by Crippen LogP contribution is 2.24. The molecule has 2 rings (SSSR count). The van der Waals surface area contributed by atoms with E-state index in [9.17, 15) is 4.79 Å². The summed E-state index contributed by atoms with van der Waals surface area (Å²) in [4.78, 5) is 14.4. The van der Waals surface area contributed by atoms with E-state index in [4.69, 9.17) is 0 Å². The summed E-state index contributed by atoms with van der Waals surface area (Å²) in [6.45, 7) is 3.79. The summed E-state index contributed by atoms with van der Waals surface area (Å²) in [5.41, 5.74) is 2.40. The van der Waals surface area contributed by atoms with Gasteiger partial charge in [0, 0.05) is 18.3 Å². The molecule has 20 heavy (non-hydrogen) atoms. The summed E-state index contributed by atoms with van der Waals surface area (Å²) in [5, 5.41) is 6.48. The largest absolute Gasteiger partial charge is 0.384 e. The summed E-state index contributed by atoms with van der Waals surface area (Å²) in [6, 6.07) is 8.44. The van der Waals surface area contributed by atoms with Crippen LogP contribution in [0.15, 0.2) is 24.3 Å². The van der Waals surface area contributed by atoms with Crippen LogP contribution < -0.4 is 10.6 Å². The Morgan fingerprint density at radius 1 is 1.45 bits per heavy atom. The van der Waals surface area contributed by atoms with E-state index >= 15 is 0 Å². The van der Waals surface area contributed by atoms with Crippen molar-refractivity contribution in [2.75, 3.05) is 32.5 Å². The minimum absolute atomic E-state index is 0.0340. The van der Waals surface area contributed by atoms with E-state index in [1.54, 1.807) is 0 Å². The molecular weight excluding hydrogens is 250 g/mol. The molecule has 0 aliphatic carbocycles. The van der Waals surface area contributed by atoms with E-state index in [-0.39, 0.29) is 17.9 Å². The minimum atomic E-state index is 0.0340. The molecule has 1 heterocycles. The second kappa shape index (κ2) is 6.75. The first-order valence-electron chi connectivity index (χ1n) is 7.33. The lowest BCUT2D eigenvalue weighted by molar-refractivity contribution is -0.125. The van der Waals surface area contributed by atoms with Gasteiger partial charge in [0.25, 0.3) is 0 Å². The van der Waals surface area contributed by atoms with Gasteiger partial charge in [-0.15, -0.1) is 0 Å². The van der Waals surface area contributed by atoms with Gasteiger partial charge in [-0.05, 0) is 52.0 Å².